The Bertz CT molecular complexity index is 544. The standard InChI is InChI=1S/C11H12N4O3S/c16-8(7-4-12-6-19-7)15-3-1-2-11(5-15)9(17)13-10(18)14-11/h4,6H,1-3,5H2,(H2,13,14,17,18). The van der Waals surface area contributed by atoms with Gasteiger partial charge in [0.15, 0.2) is 0 Å². The number of thiazole rings is 1. The first kappa shape index (κ1) is 12.1. The largest absolute Gasteiger partial charge is 0.335 e. The van der Waals surface area contributed by atoms with Gasteiger partial charge in [0.05, 0.1) is 18.3 Å². The number of piperidine rings is 1. The van der Waals surface area contributed by atoms with Gasteiger partial charge in [0.1, 0.15) is 10.4 Å². The van der Waals surface area contributed by atoms with Crippen molar-refractivity contribution in [3.8, 4) is 0 Å². The summed E-state index contributed by atoms with van der Waals surface area (Å²) in [6, 6.07) is -0.489. The molecule has 0 aromatic carbocycles. The lowest BCUT2D eigenvalue weighted by atomic mass is 9.89. The van der Waals surface area contributed by atoms with Crippen molar-refractivity contribution in [2.24, 2.45) is 0 Å². The van der Waals surface area contributed by atoms with E-state index in [9.17, 15) is 14.4 Å². The predicted molar refractivity (Wildman–Crippen MR) is 66.7 cm³/mol. The average molecular weight is 280 g/mol. The number of nitrogens with one attached hydrogen (secondary N) is 2. The van der Waals surface area contributed by atoms with Crippen molar-refractivity contribution >= 4 is 29.2 Å². The van der Waals surface area contributed by atoms with Gasteiger partial charge in [0.2, 0.25) is 0 Å². The van der Waals surface area contributed by atoms with Crippen LogP contribution in [-0.2, 0) is 4.79 Å². The minimum absolute atomic E-state index is 0.143. The summed E-state index contributed by atoms with van der Waals surface area (Å²) in [6.07, 6.45) is 2.75. The Hall–Kier alpha value is -1.96. The van der Waals surface area contributed by atoms with E-state index < -0.39 is 11.6 Å². The monoisotopic (exact) mass is 280 g/mol. The summed E-state index contributed by atoms with van der Waals surface area (Å²) in [5.74, 6) is -0.491. The van der Waals surface area contributed by atoms with Crippen LogP contribution < -0.4 is 10.6 Å². The first-order chi connectivity index (χ1) is 9.11. The Morgan fingerprint density at radius 2 is 2.32 bits per heavy atom. The van der Waals surface area contributed by atoms with Gasteiger partial charge in [-0.1, -0.05) is 0 Å². The van der Waals surface area contributed by atoms with Gasteiger partial charge < -0.3 is 10.2 Å². The Kier molecular flexibility index (Phi) is 2.74. The van der Waals surface area contributed by atoms with Gasteiger partial charge in [-0.05, 0) is 12.8 Å². The molecule has 0 bridgehead atoms. The second-order valence-corrected chi connectivity index (χ2v) is 5.57. The SMILES string of the molecule is O=C1NC(=O)C2(CCCN(C(=O)c3cncs3)C2)N1. The summed E-state index contributed by atoms with van der Waals surface area (Å²) < 4.78 is 0. The molecule has 1 aromatic heterocycles. The zero-order valence-corrected chi connectivity index (χ0v) is 10.8. The highest BCUT2D eigenvalue weighted by Crippen LogP contribution is 2.26. The number of nitrogens with zero attached hydrogens (tertiary/aromatic N) is 2. The molecule has 0 radical (unpaired) electrons. The molecule has 1 aromatic rings. The number of aromatic nitrogens is 1. The van der Waals surface area contributed by atoms with E-state index >= 15 is 0 Å². The average Bonchev–Trinajstić information content (AvgIpc) is 2.99. The van der Waals surface area contributed by atoms with Crippen molar-refractivity contribution in [3.63, 3.8) is 0 Å². The molecule has 4 amide bonds. The number of rotatable bonds is 1. The summed E-state index contributed by atoms with van der Waals surface area (Å²) in [7, 11) is 0. The lowest BCUT2D eigenvalue weighted by molar-refractivity contribution is -0.125. The second kappa shape index (κ2) is 4.30. The molecule has 2 N–H and O–H groups in total. The Labute approximate surface area is 113 Å². The normalized spacial score (nSPS) is 26.4. The smallest absolute Gasteiger partial charge is 0.322 e. The van der Waals surface area contributed by atoms with Crippen LogP contribution in [0.3, 0.4) is 0 Å². The molecule has 2 saturated heterocycles. The molecule has 7 nitrogen and oxygen atoms in total. The van der Waals surface area contributed by atoms with Crippen molar-refractivity contribution in [3.05, 3.63) is 16.6 Å². The molecule has 0 aliphatic carbocycles. The number of hydrogen-bond donors (Lipinski definition) is 2. The molecular formula is C11H12N4O3S. The van der Waals surface area contributed by atoms with Gasteiger partial charge in [-0.25, -0.2) is 4.79 Å². The van der Waals surface area contributed by atoms with E-state index in [4.69, 9.17) is 0 Å². The van der Waals surface area contributed by atoms with E-state index in [0.717, 1.165) is 0 Å². The Balaban J connectivity index is 1.80. The third kappa shape index (κ3) is 1.97. The van der Waals surface area contributed by atoms with Crippen LogP contribution in [0.4, 0.5) is 4.79 Å². The van der Waals surface area contributed by atoms with Gasteiger partial charge in [-0.2, -0.15) is 0 Å². The number of urea groups is 1. The lowest BCUT2D eigenvalue weighted by Gasteiger charge is -2.37. The van der Waals surface area contributed by atoms with Crippen molar-refractivity contribution in [2.45, 2.75) is 18.4 Å². The number of carbonyl (C=O) groups excluding carboxylic acids is 3. The van der Waals surface area contributed by atoms with Crippen LogP contribution >= 0.6 is 11.3 Å². The highest BCUT2D eigenvalue weighted by Gasteiger charge is 2.49. The Morgan fingerprint density at radius 1 is 1.47 bits per heavy atom. The van der Waals surface area contributed by atoms with Crippen molar-refractivity contribution in [2.75, 3.05) is 13.1 Å². The van der Waals surface area contributed by atoms with Gasteiger partial charge >= 0.3 is 6.03 Å². The second-order valence-electron chi connectivity index (χ2n) is 4.69. The van der Waals surface area contributed by atoms with Crippen molar-refractivity contribution < 1.29 is 14.4 Å². The van der Waals surface area contributed by atoms with E-state index in [-0.39, 0.29) is 18.4 Å². The topological polar surface area (TPSA) is 91.4 Å². The van der Waals surface area contributed by atoms with Gasteiger partial charge in [-0.3, -0.25) is 19.9 Å². The molecule has 2 fully saturated rings. The van der Waals surface area contributed by atoms with Crippen LogP contribution in [0, 0.1) is 0 Å². The molecule has 0 saturated carbocycles. The fourth-order valence-electron chi connectivity index (χ4n) is 2.52. The van der Waals surface area contributed by atoms with Crippen LogP contribution in [0.5, 0.6) is 0 Å². The molecule has 19 heavy (non-hydrogen) atoms. The molecular weight excluding hydrogens is 268 g/mol. The predicted octanol–water partition coefficient (Wildman–Crippen LogP) is -0.0427. The van der Waals surface area contributed by atoms with Crippen LogP contribution in [-0.4, -0.2) is 46.4 Å². The lowest BCUT2D eigenvalue weighted by Crippen LogP contribution is -2.59. The molecule has 100 valence electrons. The number of carbonyl (C=O) groups is 3. The van der Waals surface area contributed by atoms with Gasteiger partial charge in [0, 0.05) is 6.54 Å². The van der Waals surface area contributed by atoms with Crippen LogP contribution in [0.25, 0.3) is 0 Å². The summed E-state index contributed by atoms with van der Waals surface area (Å²) in [5.41, 5.74) is 0.632. The molecule has 1 spiro atoms. The van der Waals surface area contributed by atoms with E-state index in [1.807, 2.05) is 0 Å². The van der Waals surface area contributed by atoms with Crippen molar-refractivity contribution in [1.29, 1.82) is 0 Å². The first-order valence-corrected chi connectivity index (χ1v) is 6.80. The summed E-state index contributed by atoms with van der Waals surface area (Å²) in [4.78, 5) is 41.4. The summed E-state index contributed by atoms with van der Waals surface area (Å²) in [5, 5.41) is 4.88. The minimum Gasteiger partial charge on any atom is -0.335 e. The Morgan fingerprint density at radius 3 is 2.95 bits per heavy atom. The van der Waals surface area contributed by atoms with Gasteiger partial charge in [-0.15, -0.1) is 11.3 Å². The molecule has 1 unspecified atom stereocenters. The van der Waals surface area contributed by atoms with E-state index in [2.05, 4.69) is 15.6 Å². The third-order valence-corrected chi connectivity index (χ3v) is 4.20. The highest BCUT2D eigenvalue weighted by molar-refractivity contribution is 7.11. The maximum absolute atomic E-state index is 12.2. The van der Waals surface area contributed by atoms with E-state index in [1.54, 1.807) is 10.4 Å². The summed E-state index contributed by atoms with van der Waals surface area (Å²) >= 11 is 1.27. The number of imide groups is 1. The highest BCUT2D eigenvalue weighted by atomic mass is 32.1. The zero-order valence-electron chi connectivity index (χ0n) is 10.0. The summed E-state index contributed by atoms with van der Waals surface area (Å²) in [6.45, 7) is 0.795. The fraction of sp³-hybridized carbons (Fsp3) is 0.455. The van der Waals surface area contributed by atoms with Gasteiger partial charge in [0.25, 0.3) is 11.8 Å². The van der Waals surface area contributed by atoms with E-state index in [0.29, 0.717) is 24.3 Å². The van der Waals surface area contributed by atoms with Crippen LogP contribution in [0.1, 0.15) is 22.5 Å². The molecule has 3 heterocycles. The zero-order chi connectivity index (χ0) is 13.5. The number of amides is 4. The maximum Gasteiger partial charge on any atom is 0.322 e. The molecule has 2 aliphatic rings. The minimum atomic E-state index is -0.963. The molecule has 3 rings (SSSR count). The molecule has 1 atom stereocenters. The van der Waals surface area contributed by atoms with Crippen LogP contribution in [0.2, 0.25) is 0 Å². The van der Waals surface area contributed by atoms with E-state index in [1.165, 1.54) is 17.5 Å². The quantitative estimate of drug-likeness (QED) is 0.706. The molecule has 8 heteroatoms. The van der Waals surface area contributed by atoms with Crippen molar-refractivity contribution in [1.82, 2.24) is 20.5 Å². The number of likely N-dealkylation sites (tertiary alicyclic amines) is 1. The third-order valence-electron chi connectivity index (χ3n) is 3.44. The molecule has 2 aliphatic heterocycles. The first-order valence-electron chi connectivity index (χ1n) is 5.92. The maximum atomic E-state index is 12.2. The number of hydrogen-bond acceptors (Lipinski definition) is 5. The van der Waals surface area contributed by atoms with Crippen LogP contribution in [0.15, 0.2) is 11.7 Å². The fourth-order valence-corrected chi connectivity index (χ4v) is 3.11.